The molecule has 1 fully saturated rings. The summed E-state index contributed by atoms with van der Waals surface area (Å²) >= 11 is 2.01. The summed E-state index contributed by atoms with van der Waals surface area (Å²) in [5.74, 6) is 0. The van der Waals surface area contributed by atoms with Gasteiger partial charge in [0.05, 0.1) is 0 Å². The molecule has 2 nitrogen and oxygen atoms in total. The average molecular weight is 188 g/mol. The van der Waals surface area contributed by atoms with Gasteiger partial charge in [-0.2, -0.15) is 11.8 Å². The van der Waals surface area contributed by atoms with E-state index in [0.717, 1.165) is 13.1 Å². The third-order valence-electron chi connectivity index (χ3n) is 2.82. The second-order valence-electron chi connectivity index (χ2n) is 3.76. The smallest absolute Gasteiger partial charge is 0.0281 e. The molecule has 0 aliphatic heterocycles. The summed E-state index contributed by atoms with van der Waals surface area (Å²) < 4.78 is 0.545. The first-order valence-electron chi connectivity index (χ1n) is 4.71. The van der Waals surface area contributed by atoms with E-state index in [1.54, 1.807) is 0 Å². The Labute approximate surface area is 79.7 Å². The minimum Gasteiger partial charge on any atom is -0.329 e. The molecule has 1 saturated carbocycles. The summed E-state index contributed by atoms with van der Waals surface area (Å²) in [5, 5.41) is 3.48. The largest absolute Gasteiger partial charge is 0.329 e. The van der Waals surface area contributed by atoms with Crippen molar-refractivity contribution in [3.63, 3.8) is 0 Å². The Bertz CT molecular complexity index is 129. The highest BCUT2D eigenvalue weighted by Gasteiger charge is 2.35. The average Bonchev–Trinajstić information content (AvgIpc) is 2.03. The van der Waals surface area contributed by atoms with E-state index >= 15 is 0 Å². The number of hydrogen-bond acceptors (Lipinski definition) is 3. The predicted molar refractivity (Wildman–Crippen MR) is 56.6 cm³/mol. The Morgan fingerprint density at radius 2 is 2.25 bits per heavy atom. The molecule has 1 aliphatic rings. The van der Waals surface area contributed by atoms with E-state index in [-0.39, 0.29) is 0 Å². The quantitative estimate of drug-likeness (QED) is 0.681. The summed E-state index contributed by atoms with van der Waals surface area (Å²) in [6.07, 6.45) is 6.37. The van der Waals surface area contributed by atoms with Crippen LogP contribution in [0.3, 0.4) is 0 Å². The lowest BCUT2D eigenvalue weighted by molar-refractivity contribution is 0.334. The van der Waals surface area contributed by atoms with Crippen LogP contribution in [0, 0.1) is 0 Å². The Hall–Kier alpha value is 0.270. The fraction of sp³-hybridized carbons (Fsp3) is 1.00. The van der Waals surface area contributed by atoms with Crippen molar-refractivity contribution in [2.75, 3.05) is 19.3 Å². The topological polar surface area (TPSA) is 38.0 Å². The van der Waals surface area contributed by atoms with Crippen molar-refractivity contribution in [2.45, 2.75) is 37.0 Å². The maximum atomic E-state index is 5.53. The van der Waals surface area contributed by atoms with Gasteiger partial charge in [-0.05, 0) is 26.0 Å². The van der Waals surface area contributed by atoms with Crippen LogP contribution in [-0.4, -0.2) is 30.1 Å². The van der Waals surface area contributed by atoms with Crippen LogP contribution in [0.2, 0.25) is 0 Å². The maximum absolute atomic E-state index is 5.53. The lowest BCUT2D eigenvalue weighted by Gasteiger charge is -2.41. The molecule has 0 saturated heterocycles. The van der Waals surface area contributed by atoms with E-state index in [1.807, 2.05) is 11.8 Å². The normalized spacial score (nSPS) is 23.2. The monoisotopic (exact) mass is 188 g/mol. The van der Waals surface area contributed by atoms with Crippen molar-refractivity contribution < 1.29 is 0 Å². The summed E-state index contributed by atoms with van der Waals surface area (Å²) in [6.45, 7) is 4.02. The van der Waals surface area contributed by atoms with Gasteiger partial charge in [-0.15, -0.1) is 0 Å². The molecule has 0 aromatic carbocycles. The number of nitrogens with two attached hydrogens (primary N) is 1. The van der Waals surface area contributed by atoms with E-state index in [4.69, 9.17) is 5.73 Å². The fourth-order valence-electron chi connectivity index (χ4n) is 1.47. The third-order valence-corrected chi connectivity index (χ3v) is 4.24. The molecule has 0 bridgehead atoms. The highest BCUT2D eigenvalue weighted by atomic mass is 32.2. The predicted octanol–water partition coefficient (Wildman–Crippen LogP) is 1.21. The molecule has 0 radical (unpaired) electrons. The van der Waals surface area contributed by atoms with E-state index in [1.165, 1.54) is 19.3 Å². The van der Waals surface area contributed by atoms with Gasteiger partial charge in [-0.25, -0.2) is 0 Å². The van der Waals surface area contributed by atoms with Crippen LogP contribution in [0.15, 0.2) is 0 Å². The van der Waals surface area contributed by atoms with Crippen LogP contribution in [0.5, 0.6) is 0 Å². The van der Waals surface area contributed by atoms with Crippen LogP contribution in [-0.2, 0) is 0 Å². The van der Waals surface area contributed by atoms with Gasteiger partial charge < -0.3 is 11.1 Å². The molecular formula is C9H20N2S. The second-order valence-corrected chi connectivity index (χ2v) is 5.03. The first kappa shape index (κ1) is 10.4. The molecule has 72 valence electrons. The minimum absolute atomic E-state index is 0.467. The van der Waals surface area contributed by atoms with Crippen LogP contribution in [0.4, 0.5) is 0 Å². The molecular weight excluding hydrogens is 168 g/mol. The highest BCUT2D eigenvalue weighted by molar-refractivity contribution is 8.00. The van der Waals surface area contributed by atoms with Gasteiger partial charge in [0.1, 0.15) is 0 Å². The van der Waals surface area contributed by atoms with Gasteiger partial charge in [0.25, 0.3) is 0 Å². The van der Waals surface area contributed by atoms with Crippen molar-refractivity contribution in [3.8, 4) is 0 Å². The van der Waals surface area contributed by atoms with Crippen LogP contribution in [0.25, 0.3) is 0 Å². The van der Waals surface area contributed by atoms with E-state index in [9.17, 15) is 0 Å². The molecule has 0 aromatic rings. The van der Waals surface area contributed by atoms with Crippen molar-refractivity contribution in [3.05, 3.63) is 0 Å². The van der Waals surface area contributed by atoms with Gasteiger partial charge in [-0.1, -0.05) is 6.42 Å². The van der Waals surface area contributed by atoms with E-state index in [0.29, 0.717) is 10.8 Å². The van der Waals surface area contributed by atoms with Crippen LogP contribution in [0.1, 0.15) is 26.2 Å². The number of rotatable bonds is 5. The lowest BCUT2D eigenvalue weighted by Crippen LogP contribution is -2.47. The van der Waals surface area contributed by atoms with Gasteiger partial charge in [0, 0.05) is 23.9 Å². The summed E-state index contributed by atoms with van der Waals surface area (Å²) in [5.41, 5.74) is 5.53. The lowest BCUT2D eigenvalue weighted by atomic mass is 9.84. The van der Waals surface area contributed by atoms with Crippen molar-refractivity contribution in [1.29, 1.82) is 0 Å². The molecule has 1 rings (SSSR count). The van der Waals surface area contributed by atoms with Crippen molar-refractivity contribution in [1.82, 2.24) is 5.32 Å². The molecule has 1 unspecified atom stereocenters. The van der Waals surface area contributed by atoms with Crippen LogP contribution < -0.4 is 11.1 Å². The van der Waals surface area contributed by atoms with E-state index < -0.39 is 0 Å². The van der Waals surface area contributed by atoms with Crippen LogP contribution >= 0.6 is 11.8 Å². The van der Waals surface area contributed by atoms with Crippen molar-refractivity contribution >= 4 is 11.8 Å². The second kappa shape index (κ2) is 4.49. The first-order chi connectivity index (χ1) is 5.72. The van der Waals surface area contributed by atoms with Gasteiger partial charge >= 0.3 is 0 Å². The third kappa shape index (κ3) is 2.38. The molecule has 1 aliphatic carbocycles. The molecule has 1 atom stereocenters. The summed E-state index contributed by atoms with van der Waals surface area (Å²) in [4.78, 5) is 0. The van der Waals surface area contributed by atoms with Crippen molar-refractivity contribution in [2.24, 2.45) is 5.73 Å². The molecule has 0 aromatic heterocycles. The Morgan fingerprint density at radius 3 is 2.58 bits per heavy atom. The molecule has 0 spiro atoms. The molecule has 0 heterocycles. The SMILES string of the molecule is CSC1(CNC(C)CN)CCC1. The zero-order chi connectivity index (χ0) is 9.03. The van der Waals surface area contributed by atoms with Gasteiger partial charge in [0.15, 0.2) is 0 Å². The fourth-order valence-corrected chi connectivity index (χ4v) is 2.39. The number of thioether (sulfide) groups is 1. The first-order valence-corrected chi connectivity index (χ1v) is 5.93. The van der Waals surface area contributed by atoms with E-state index in [2.05, 4.69) is 18.5 Å². The number of hydrogen-bond donors (Lipinski definition) is 2. The molecule has 0 amide bonds. The molecule has 3 heteroatoms. The number of nitrogens with one attached hydrogen (secondary N) is 1. The zero-order valence-electron chi connectivity index (χ0n) is 8.10. The summed E-state index contributed by atoms with van der Waals surface area (Å²) in [6, 6.07) is 0.467. The Balaban J connectivity index is 2.20. The van der Waals surface area contributed by atoms with Gasteiger partial charge in [-0.3, -0.25) is 0 Å². The minimum atomic E-state index is 0.467. The Morgan fingerprint density at radius 1 is 1.58 bits per heavy atom. The molecule has 3 N–H and O–H groups in total. The van der Waals surface area contributed by atoms with Gasteiger partial charge in [0.2, 0.25) is 0 Å². The summed E-state index contributed by atoms with van der Waals surface area (Å²) in [7, 11) is 0. The Kier molecular flexibility index (Phi) is 3.87. The standard InChI is InChI=1S/C9H20N2S/c1-8(6-10)11-7-9(12-2)4-3-5-9/h8,11H,3-7,10H2,1-2H3. The zero-order valence-corrected chi connectivity index (χ0v) is 8.91. The highest BCUT2D eigenvalue weighted by Crippen LogP contribution is 2.42. The molecule has 12 heavy (non-hydrogen) atoms. The maximum Gasteiger partial charge on any atom is 0.0281 e.